The molecule has 0 amide bonds. The van der Waals surface area contributed by atoms with Crippen LogP contribution in [0.2, 0.25) is 5.02 Å². The number of alkyl halides is 3. The van der Waals surface area contributed by atoms with Crippen LogP contribution in [0.4, 0.5) is 18.9 Å². The fourth-order valence-electron chi connectivity index (χ4n) is 5.71. The van der Waals surface area contributed by atoms with Crippen molar-refractivity contribution in [3.05, 3.63) is 100.0 Å². The van der Waals surface area contributed by atoms with Gasteiger partial charge in [0, 0.05) is 53.9 Å². The highest BCUT2D eigenvalue weighted by Crippen LogP contribution is 2.44. The number of benzene rings is 3. The highest BCUT2D eigenvalue weighted by atomic mass is 35.5. The predicted molar refractivity (Wildman–Crippen MR) is 163 cm³/mol. The van der Waals surface area contributed by atoms with Crippen molar-refractivity contribution in [1.82, 2.24) is 9.47 Å². The summed E-state index contributed by atoms with van der Waals surface area (Å²) in [6.07, 6.45) is -3.34. The lowest BCUT2D eigenvalue weighted by atomic mass is 9.91. The highest BCUT2D eigenvalue weighted by molar-refractivity contribution is 6.30. The van der Waals surface area contributed by atoms with Gasteiger partial charge in [-0.15, -0.1) is 0 Å². The van der Waals surface area contributed by atoms with E-state index in [9.17, 15) is 23.1 Å². The van der Waals surface area contributed by atoms with Crippen LogP contribution in [0.5, 0.6) is 11.5 Å². The zero-order valence-electron chi connectivity index (χ0n) is 24.4. The molecule has 1 fully saturated rings. The molecule has 3 aromatic carbocycles. The summed E-state index contributed by atoms with van der Waals surface area (Å²) >= 11 is 6.01. The maximum absolute atomic E-state index is 14.8. The molecule has 1 saturated heterocycles. The third-order valence-electron chi connectivity index (χ3n) is 8.04. The van der Waals surface area contributed by atoms with E-state index < -0.39 is 24.3 Å². The summed E-state index contributed by atoms with van der Waals surface area (Å²) in [4.78, 5) is 16.1. The Labute approximate surface area is 263 Å². The zero-order chi connectivity index (χ0) is 32.4. The smallest absolute Gasteiger partial charge is 0.422 e. The fraction of sp³-hybridized carbons (Fsp3) is 0.333. The van der Waals surface area contributed by atoms with E-state index in [2.05, 4.69) is 4.85 Å². The molecule has 1 unspecified atom stereocenters. The molecule has 8 nitrogen and oxygen atoms in total. The van der Waals surface area contributed by atoms with Gasteiger partial charge in [0.15, 0.2) is 17.2 Å². The monoisotopic (exact) mass is 641 g/mol. The molecule has 2 N–H and O–H groups in total. The highest BCUT2D eigenvalue weighted by Gasteiger charge is 2.57. The second kappa shape index (κ2) is 13.0. The maximum Gasteiger partial charge on any atom is 0.422 e. The van der Waals surface area contributed by atoms with Crippen LogP contribution in [-0.2, 0) is 23.4 Å². The Balaban J connectivity index is 1.37. The van der Waals surface area contributed by atoms with Crippen LogP contribution < -0.4 is 9.47 Å². The second-order valence-corrected chi connectivity index (χ2v) is 11.6. The van der Waals surface area contributed by atoms with Crippen molar-refractivity contribution in [3.8, 4) is 11.5 Å². The average Bonchev–Trinajstić information content (AvgIpc) is 3.37. The number of halogens is 4. The van der Waals surface area contributed by atoms with Crippen molar-refractivity contribution in [2.75, 3.05) is 26.7 Å². The number of rotatable bonds is 10. The van der Waals surface area contributed by atoms with Crippen molar-refractivity contribution in [2.24, 2.45) is 0 Å². The van der Waals surface area contributed by atoms with Crippen LogP contribution in [0, 0.1) is 6.57 Å². The third kappa shape index (κ3) is 7.04. The van der Waals surface area contributed by atoms with Crippen LogP contribution in [-0.4, -0.2) is 64.7 Å². The number of aromatic nitrogens is 1. The van der Waals surface area contributed by atoms with Gasteiger partial charge in [0.05, 0.1) is 20.1 Å². The number of piperidine rings is 1. The van der Waals surface area contributed by atoms with Crippen molar-refractivity contribution < 1.29 is 37.7 Å². The van der Waals surface area contributed by atoms with Gasteiger partial charge in [0.2, 0.25) is 5.60 Å². The minimum absolute atomic E-state index is 0.169. The Morgan fingerprint density at radius 2 is 1.73 bits per heavy atom. The number of carbonyl (C=O) groups is 1. The van der Waals surface area contributed by atoms with E-state index in [0.29, 0.717) is 40.4 Å². The number of hydrogen-bond donors (Lipinski definition) is 2. The number of methoxy groups -OCH3 is 1. The first-order valence-corrected chi connectivity index (χ1v) is 14.6. The number of ether oxygens (including phenoxy) is 2. The van der Waals surface area contributed by atoms with Crippen LogP contribution in [0.15, 0.2) is 66.9 Å². The van der Waals surface area contributed by atoms with Gasteiger partial charge in [-0.1, -0.05) is 41.9 Å². The molecule has 4 aromatic rings. The Hall–Kier alpha value is -4.24. The maximum atomic E-state index is 14.8. The summed E-state index contributed by atoms with van der Waals surface area (Å²) in [5, 5.41) is 21.3. The molecule has 5 rings (SSSR count). The molecule has 2 heterocycles. The van der Waals surface area contributed by atoms with E-state index in [1.54, 1.807) is 51.9 Å². The Bertz CT molecular complexity index is 1730. The summed E-state index contributed by atoms with van der Waals surface area (Å²) in [5.74, 6) is -0.181. The van der Waals surface area contributed by atoms with E-state index in [1.807, 2.05) is 0 Å². The SMILES string of the molecule is [C-]#[N+]c1ccc2c(C(O)(CN3CCC(Oc4ccc(CC(=O)O)cc4OC)CC3)C(F)(F)F)cn(Cc3ccc(Cl)cc3)c2c1. The van der Waals surface area contributed by atoms with Gasteiger partial charge in [-0.25, -0.2) is 4.85 Å². The van der Waals surface area contributed by atoms with Gasteiger partial charge in [-0.05, 0) is 54.3 Å². The molecule has 12 heteroatoms. The van der Waals surface area contributed by atoms with Crippen molar-refractivity contribution in [2.45, 2.75) is 43.7 Å². The van der Waals surface area contributed by atoms with Crippen LogP contribution in [0.3, 0.4) is 0 Å². The number of hydrogen-bond acceptors (Lipinski definition) is 5. The van der Waals surface area contributed by atoms with E-state index in [4.69, 9.17) is 32.8 Å². The first-order chi connectivity index (χ1) is 21.4. The molecule has 236 valence electrons. The zero-order valence-corrected chi connectivity index (χ0v) is 25.1. The molecular formula is C33H31ClF3N3O5. The van der Waals surface area contributed by atoms with Crippen molar-refractivity contribution >= 4 is 34.2 Å². The normalized spacial score (nSPS) is 15.8. The average molecular weight is 642 g/mol. The van der Waals surface area contributed by atoms with E-state index in [-0.39, 0.29) is 48.8 Å². The number of nitrogens with zero attached hydrogens (tertiary/aromatic N) is 3. The summed E-state index contributed by atoms with van der Waals surface area (Å²) in [5.41, 5.74) is -1.44. The van der Waals surface area contributed by atoms with E-state index in [1.165, 1.54) is 31.5 Å². The van der Waals surface area contributed by atoms with Crippen LogP contribution in [0.25, 0.3) is 15.7 Å². The van der Waals surface area contributed by atoms with Gasteiger partial charge in [-0.2, -0.15) is 13.2 Å². The summed E-state index contributed by atoms with van der Waals surface area (Å²) < 4.78 is 57.6. The number of carboxylic acid groups (broad SMARTS) is 1. The first kappa shape index (κ1) is 32.2. The molecular weight excluding hydrogens is 611 g/mol. The van der Waals surface area contributed by atoms with Crippen LogP contribution in [0.1, 0.15) is 29.5 Å². The molecule has 0 aliphatic carbocycles. The summed E-state index contributed by atoms with van der Waals surface area (Å²) in [6.45, 7) is 7.43. The number of fused-ring (bicyclic) bond motifs is 1. The van der Waals surface area contributed by atoms with E-state index in [0.717, 1.165) is 5.56 Å². The van der Waals surface area contributed by atoms with Crippen molar-refractivity contribution in [1.29, 1.82) is 0 Å². The number of likely N-dealkylation sites (tertiary alicyclic amines) is 1. The Kier molecular flexibility index (Phi) is 9.30. The number of aliphatic hydroxyl groups is 1. The molecule has 0 spiro atoms. The molecule has 1 aliphatic rings. The van der Waals surface area contributed by atoms with Crippen LogP contribution >= 0.6 is 11.6 Å². The molecule has 1 aromatic heterocycles. The van der Waals surface area contributed by atoms with E-state index >= 15 is 0 Å². The third-order valence-corrected chi connectivity index (χ3v) is 8.29. The molecule has 1 aliphatic heterocycles. The van der Waals surface area contributed by atoms with Gasteiger partial charge in [0.25, 0.3) is 0 Å². The van der Waals surface area contributed by atoms with Gasteiger partial charge in [0.1, 0.15) is 6.10 Å². The lowest BCUT2D eigenvalue weighted by Crippen LogP contribution is -2.53. The van der Waals surface area contributed by atoms with Gasteiger partial charge < -0.3 is 24.3 Å². The molecule has 0 saturated carbocycles. The predicted octanol–water partition coefficient (Wildman–Crippen LogP) is 6.82. The lowest BCUT2D eigenvalue weighted by Gasteiger charge is -2.39. The summed E-state index contributed by atoms with van der Waals surface area (Å²) in [7, 11) is 1.45. The van der Waals surface area contributed by atoms with Gasteiger partial charge in [-0.3, -0.25) is 9.69 Å². The second-order valence-electron chi connectivity index (χ2n) is 11.1. The fourth-order valence-corrected chi connectivity index (χ4v) is 5.83. The lowest BCUT2D eigenvalue weighted by molar-refractivity contribution is -0.272. The van der Waals surface area contributed by atoms with Gasteiger partial charge >= 0.3 is 12.1 Å². The molecule has 0 radical (unpaired) electrons. The number of β-amino-alcohol motifs (C(OH)–C–C–N with tert-alkyl or cyclic N) is 1. The number of aliphatic carboxylic acids is 1. The van der Waals surface area contributed by atoms with Crippen molar-refractivity contribution in [3.63, 3.8) is 0 Å². The standard InChI is InChI=1S/C33H31ClF3N3O5/c1-38-24-8-9-26-27(19-40(28(26)17-24)18-21-3-6-23(34)7-4-21)32(43,33(35,36)37)20-39-13-11-25(12-14-39)45-29-10-5-22(16-31(41)42)15-30(29)44-2/h3-10,15,17,19,25,43H,11-14,16,18,20H2,2H3,(H,41,42). The Morgan fingerprint density at radius 1 is 1.04 bits per heavy atom. The molecule has 0 bridgehead atoms. The molecule has 1 atom stereocenters. The first-order valence-electron chi connectivity index (χ1n) is 14.2. The Morgan fingerprint density at radius 3 is 2.36 bits per heavy atom. The summed E-state index contributed by atoms with van der Waals surface area (Å²) in [6, 6.07) is 16.2. The number of carboxylic acids is 1. The minimum Gasteiger partial charge on any atom is -0.493 e. The topological polar surface area (TPSA) is 88.5 Å². The largest absolute Gasteiger partial charge is 0.493 e. The molecule has 45 heavy (non-hydrogen) atoms. The quantitative estimate of drug-likeness (QED) is 0.185. The minimum atomic E-state index is -5.00.